The molecule has 2 heterocycles. The van der Waals surface area contributed by atoms with Gasteiger partial charge in [0.25, 0.3) is 0 Å². The Balaban J connectivity index is 1.26. The van der Waals surface area contributed by atoms with E-state index in [1.807, 2.05) is 30.0 Å². The predicted molar refractivity (Wildman–Crippen MR) is 130 cm³/mol. The van der Waals surface area contributed by atoms with Crippen LogP contribution in [0.3, 0.4) is 0 Å². The highest BCUT2D eigenvalue weighted by Gasteiger charge is 2.22. The number of hydrogen-bond acceptors (Lipinski definition) is 7. The lowest BCUT2D eigenvalue weighted by Crippen LogP contribution is -2.49. The second kappa shape index (κ2) is 9.89. The third kappa shape index (κ3) is 5.50. The van der Waals surface area contributed by atoms with E-state index in [4.69, 9.17) is 11.6 Å². The van der Waals surface area contributed by atoms with Crippen molar-refractivity contribution in [1.82, 2.24) is 15.1 Å². The van der Waals surface area contributed by atoms with E-state index in [0.29, 0.717) is 15.9 Å². The molecule has 0 unspecified atom stereocenters. The fourth-order valence-corrected chi connectivity index (χ4v) is 5.27. The Bertz CT molecular complexity index is 1070. The van der Waals surface area contributed by atoms with Gasteiger partial charge in [-0.15, -0.1) is 10.2 Å². The summed E-state index contributed by atoms with van der Waals surface area (Å²) in [5.41, 5.74) is 4.35. The Morgan fingerprint density at radius 2 is 1.90 bits per heavy atom. The summed E-state index contributed by atoms with van der Waals surface area (Å²) in [5, 5.41) is 13.0. The number of amides is 1. The Hall–Kier alpha value is -2.29. The molecule has 0 atom stereocenters. The molecular weight excluding hydrogens is 450 g/mol. The number of hydrogen-bond donors (Lipinski definition) is 1. The molecule has 1 saturated heterocycles. The molecule has 9 heteroatoms. The normalized spacial score (nSPS) is 14.0. The summed E-state index contributed by atoms with van der Waals surface area (Å²) in [4.78, 5) is 16.9. The van der Waals surface area contributed by atoms with E-state index < -0.39 is 0 Å². The van der Waals surface area contributed by atoms with Crippen LogP contribution in [0.25, 0.3) is 0 Å². The van der Waals surface area contributed by atoms with Crippen LogP contribution < -0.4 is 10.2 Å². The molecule has 1 amide bonds. The van der Waals surface area contributed by atoms with Crippen molar-refractivity contribution in [3.63, 3.8) is 0 Å². The molecule has 6 nitrogen and oxygen atoms in total. The molecule has 4 rings (SSSR count). The van der Waals surface area contributed by atoms with Crippen molar-refractivity contribution in [3.05, 3.63) is 58.6 Å². The highest BCUT2D eigenvalue weighted by molar-refractivity contribution is 8.01. The molecule has 162 valence electrons. The first-order valence-corrected chi connectivity index (χ1v) is 12.3. The van der Waals surface area contributed by atoms with Gasteiger partial charge in [0, 0.05) is 42.6 Å². The summed E-state index contributed by atoms with van der Waals surface area (Å²) in [6.07, 6.45) is 0. The van der Waals surface area contributed by atoms with Gasteiger partial charge in [0.1, 0.15) is 0 Å². The summed E-state index contributed by atoms with van der Waals surface area (Å²) < 4.78 is 0.772. The zero-order valence-corrected chi connectivity index (χ0v) is 19.9. The van der Waals surface area contributed by atoms with Crippen molar-refractivity contribution in [2.24, 2.45) is 0 Å². The summed E-state index contributed by atoms with van der Waals surface area (Å²) in [5.74, 6) is 0.513. The van der Waals surface area contributed by atoms with Crippen LogP contribution >= 0.6 is 34.7 Å². The molecule has 3 aromatic rings. The van der Waals surface area contributed by atoms with Crippen LogP contribution in [0.4, 0.5) is 16.5 Å². The van der Waals surface area contributed by atoms with Gasteiger partial charge in [0.2, 0.25) is 11.0 Å². The molecule has 0 aliphatic carbocycles. The maximum atomic E-state index is 12.7. The quantitative estimate of drug-likeness (QED) is 0.509. The first-order chi connectivity index (χ1) is 15.0. The molecule has 0 radical (unpaired) electrons. The van der Waals surface area contributed by atoms with Gasteiger partial charge in [0.05, 0.1) is 5.75 Å². The molecule has 1 aromatic heterocycles. The molecule has 0 bridgehead atoms. The van der Waals surface area contributed by atoms with Crippen LogP contribution in [-0.4, -0.2) is 52.9 Å². The minimum atomic E-state index is 0.143. The van der Waals surface area contributed by atoms with E-state index in [-0.39, 0.29) is 5.91 Å². The zero-order chi connectivity index (χ0) is 21.8. The van der Waals surface area contributed by atoms with Crippen molar-refractivity contribution in [2.75, 3.05) is 42.1 Å². The fourth-order valence-electron chi connectivity index (χ4n) is 3.43. The van der Waals surface area contributed by atoms with Gasteiger partial charge in [-0.25, -0.2) is 0 Å². The number of aromatic nitrogens is 2. The van der Waals surface area contributed by atoms with Gasteiger partial charge in [0.15, 0.2) is 4.34 Å². The number of aryl methyl sites for hydroxylation is 1. The Morgan fingerprint density at radius 1 is 1.13 bits per heavy atom. The van der Waals surface area contributed by atoms with Crippen LogP contribution in [0.1, 0.15) is 11.1 Å². The molecule has 1 fully saturated rings. The monoisotopic (exact) mass is 473 g/mol. The number of piperazine rings is 1. The van der Waals surface area contributed by atoms with E-state index >= 15 is 0 Å². The number of nitrogens with one attached hydrogen (secondary N) is 1. The highest BCUT2D eigenvalue weighted by Crippen LogP contribution is 2.31. The van der Waals surface area contributed by atoms with E-state index in [1.54, 1.807) is 0 Å². The van der Waals surface area contributed by atoms with Gasteiger partial charge in [-0.2, -0.15) is 0 Å². The predicted octanol–water partition coefficient (Wildman–Crippen LogP) is 4.99. The van der Waals surface area contributed by atoms with Crippen LogP contribution in [0.5, 0.6) is 0 Å². The zero-order valence-electron chi connectivity index (χ0n) is 17.5. The standard InChI is InChI=1S/C22H24ClN5OS2/c1-15-5-3-6-17(13-15)27-9-11-28(12-10-27)20(29)14-30-22-26-25-21(31-22)24-19-8-4-7-18(23)16(19)2/h3-8,13H,9-12,14H2,1-2H3,(H,24,25). The van der Waals surface area contributed by atoms with Crippen molar-refractivity contribution >= 4 is 57.1 Å². The smallest absolute Gasteiger partial charge is 0.233 e. The van der Waals surface area contributed by atoms with Crippen molar-refractivity contribution < 1.29 is 4.79 Å². The molecule has 31 heavy (non-hydrogen) atoms. The van der Waals surface area contributed by atoms with Crippen molar-refractivity contribution in [2.45, 2.75) is 18.2 Å². The molecule has 1 aliphatic rings. The van der Waals surface area contributed by atoms with Crippen LogP contribution in [-0.2, 0) is 4.79 Å². The van der Waals surface area contributed by atoms with E-state index in [0.717, 1.165) is 41.8 Å². The molecular formula is C22H24ClN5OS2. The second-order valence-electron chi connectivity index (χ2n) is 7.41. The van der Waals surface area contributed by atoms with Gasteiger partial charge in [-0.3, -0.25) is 4.79 Å². The number of carbonyl (C=O) groups is 1. The number of halogens is 1. The number of nitrogens with zero attached hydrogens (tertiary/aromatic N) is 4. The second-order valence-corrected chi connectivity index (χ2v) is 10.0. The molecule has 2 aromatic carbocycles. The average molecular weight is 474 g/mol. The third-order valence-corrected chi connectivity index (χ3v) is 7.60. The lowest BCUT2D eigenvalue weighted by molar-refractivity contribution is -0.128. The lowest BCUT2D eigenvalue weighted by atomic mass is 10.2. The van der Waals surface area contributed by atoms with Crippen molar-refractivity contribution in [3.8, 4) is 0 Å². The van der Waals surface area contributed by atoms with Crippen LogP contribution in [0, 0.1) is 13.8 Å². The topological polar surface area (TPSA) is 61.4 Å². The highest BCUT2D eigenvalue weighted by atomic mass is 35.5. The lowest BCUT2D eigenvalue weighted by Gasteiger charge is -2.36. The summed E-state index contributed by atoms with van der Waals surface area (Å²) >= 11 is 9.04. The van der Waals surface area contributed by atoms with E-state index in [9.17, 15) is 4.79 Å². The minimum absolute atomic E-state index is 0.143. The maximum absolute atomic E-state index is 12.7. The number of anilines is 3. The first kappa shape index (κ1) is 21.9. The van der Waals surface area contributed by atoms with E-state index in [2.05, 4.69) is 51.6 Å². The van der Waals surface area contributed by atoms with E-state index in [1.165, 1.54) is 34.3 Å². The average Bonchev–Trinajstić information content (AvgIpc) is 3.23. The Morgan fingerprint density at radius 3 is 2.68 bits per heavy atom. The number of carbonyl (C=O) groups excluding carboxylic acids is 1. The molecule has 1 aliphatic heterocycles. The van der Waals surface area contributed by atoms with Crippen molar-refractivity contribution in [1.29, 1.82) is 0 Å². The molecule has 1 N–H and O–H groups in total. The fraction of sp³-hybridized carbons (Fsp3) is 0.318. The number of benzene rings is 2. The summed E-state index contributed by atoms with van der Waals surface area (Å²) in [6.45, 7) is 7.25. The third-order valence-electron chi connectivity index (χ3n) is 5.23. The Labute approximate surface area is 195 Å². The van der Waals surface area contributed by atoms with Gasteiger partial charge in [-0.05, 0) is 49.2 Å². The Kier molecular flexibility index (Phi) is 6.99. The maximum Gasteiger partial charge on any atom is 0.233 e. The minimum Gasteiger partial charge on any atom is -0.368 e. The van der Waals surface area contributed by atoms with Gasteiger partial charge in [-0.1, -0.05) is 52.9 Å². The van der Waals surface area contributed by atoms with Crippen LogP contribution in [0.2, 0.25) is 5.02 Å². The van der Waals surface area contributed by atoms with Gasteiger partial charge >= 0.3 is 0 Å². The molecule has 0 saturated carbocycles. The number of rotatable bonds is 6. The number of thioether (sulfide) groups is 1. The SMILES string of the molecule is Cc1cccc(N2CCN(C(=O)CSc3nnc(Nc4cccc(Cl)c4C)s3)CC2)c1. The largest absolute Gasteiger partial charge is 0.368 e. The first-order valence-electron chi connectivity index (χ1n) is 10.1. The van der Waals surface area contributed by atoms with Gasteiger partial charge < -0.3 is 15.1 Å². The summed E-state index contributed by atoms with van der Waals surface area (Å²) in [6, 6.07) is 14.2. The summed E-state index contributed by atoms with van der Waals surface area (Å²) in [7, 11) is 0. The molecule has 0 spiro atoms. The van der Waals surface area contributed by atoms with Crippen LogP contribution in [0.15, 0.2) is 46.8 Å².